The minimum Gasteiger partial charge on any atom is -0.492 e. The maximum absolute atomic E-state index is 5.76. The van der Waals surface area contributed by atoms with E-state index in [-0.39, 0.29) is 0 Å². The largest absolute Gasteiger partial charge is 0.492 e. The van der Waals surface area contributed by atoms with Crippen LogP contribution in [0.15, 0.2) is 30.3 Å². The fraction of sp³-hybridized carbons (Fsp3) is 0.571. The van der Waals surface area contributed by atoms with Gasteiger partial charge in [0.2, 0.25) is 0 Å². The zero-order valence-electron chi connectivity index (χ0n) is 11.1. The van der Waals surface area contributed by atoms with Gasteiger partial charge >= 0.3 is 0 Å². The van der Waals surface area contributed by atoms with Gasteiger partial charge in [0.1, 0.15) is 12.4 Å². The Morgan fingerprint density at radius 2 is 1.94 bits per heavy atom. The van der Waals surface area contributed by atoms with Crippen LogP contribution >= 0.6 is 0 Å². The first kappa shape index (κ1) is 13.3. The van der Waals surface area contributed by atoms with Crippen molar-refractivity contribution in [1.82, 2.24) is 9.91 Å². The van der Waals surface area contributed by atoms with Gasteiger partial charge in [-0.1, -0.05) is 18.2 Å². The van der Waals surface area contributed by atoms with Crippen molar-refractivity contribution < 1.29 is 4.74 Å². The van der Waals surface area contributed by atoms with Crippen molar-refractivity contribution in [3.8, 4) is 5.75 Å². The molecule has 0 aromatic heterocycles. The van der Waals surface area contributed by atoms with E-state index < -0.39 is 0 Å². The first-order valence-electron chi connectivity index (χ1n) is 6.63. The molecule has 1 aromatic carbocycles. The van der Waals surface area contributed by atoms with Gasteiger partial charge in [-0.15, -0.1) is 0 Å². The fourth-order valence-electron chi connectivity index (χ4n) is 2.33. The number of hydrazine groups is 1. The second-order valence-corrected chi connectivity index (χ2v) is 4.91. The van der Waals surface area contributed by atoms with Crippen molar-refractivity contribution in [1.29, 1.82) is 0 Å². The lowest BCUT2D eigenvalue weighted by Crippen LogP contribution is -2.46. The number of likely N-dealkylation sites (N-methyl/N-ethyl adjacent to an activating group) is 1. The molecule has 2 rings (SSSR count). The Bertz CT molecular complexity index is 336. The molecule has 1 fully saturated rings. The lowest BCUT2D eigenvalue weighted by Gasteiger charge is -2.34. The summed E-state index contributed by atoms with van der Waals surface area (Å²) in [6.07, 6.45) is 2.30. The number of ether oxygens (including phenoxy) is 1. The third-order valence-electron chi connectivity index (χ3n) is 3.58. The van der Waals surface area contributed by atoms with Crippen molar-refractivity contribution in [3.05, 3.63) is 30.3 Å². The van der Waals surface area contributed by atoms with Crippen molar-refractivity contribution in [2.24, 2.45) is 5.84 Å². The van der Waals surface area contributed by atoms with Crippen LogP contribution in [0.2, 0.25) is 0 Å². The van der Waals surface area contributed by atoms with Gasteiger partial charge in [0.15, 0.2) is 0 Å². The van der Waals surface area contributed by atoms with E-state index in [1.165, 1.54) is 0 Å². The predicted molar refractivity (Wildman–Crippen MR) is 73.3 cm³/mol. The molecule has 0 atom stereocenters. The number of rotatable bonds is 5. The molecule has 0 unspecified atom stereocenters. The molecule has 2 N–H and O–H groups in total. The van der Waals surface area contributed by atoms with Crippen LogP contribution in [0.3, 0.4) is 0 Å². The molecule has 18 heavy (non-hydrogen) atoms. The van der Waals surface area contributed by atoms with Gasteiger partial charge in [-0.2, -0.15) is 0 Å². The summed E-state index contributed by atoms with van der Waals surface area (Å²) in [4.78, 5) is 2.38. The highest BCUT2D eigenvalue weighted by molar-refractivity contribution is 5.20. The number of para-hydroxylation sites is 1. The van der Waals surface area contributed by atoms with Crippen molar-refractivity contribution in [2.75, 3.05) is 33.3 Å². The highest BCUT2D eigenvalue weighted by Crippen LogP contribution is 2.13. The molecule has 0 radical (unpaired) electrons. The Labute approximate surface area is 109 Å². The normalized spacial score (nSPS) is 18.2. The molecule has 0 amide bonds. The number of hydrogen-bond acceptors (Lipinski definition) is 4. The Hall–Kier alpha value is -1.10. The van der Waals surface area contributed by atoms with E-state index in [9.17, 15) is 0 Å². The summed E-state index contributed by atoms with van der Waals surface area (Å²) >= 11 is 0. The summed E-state index contributed by atoms with van der Waals surface area (Å²) in [6, 6.07) is 10.6. The highest BCUT2D eigenvalue weighted by Gasteiger charge is 2.20. The quantitative estimate of drug-likeness (QED) is 0.800. The van der Waals surface area contributed by atoms with E-state index in [2.05, 4.69) is 11.9 Å². The summed E-state index contributed by atoms with van der Waals surface area (Å²) in [7, 11) is 2.17. The van der Waals surface area contributed by atoms with Gasteiger partial charge in [-0.25, -0.2) is 5.01 Å². The molecule has 100 valence electrons. The Kier molecular flexibility index (Phi) is 4.99. The second kappa shape index (κ2) is 6.73. The molecule has 0 aliphatic carbocycles. The smallest absolute Gasteiger partial charge is 0.119 e. The van der Waals surface area contributed by atoms with Crippen LogP contribution in [-0.2, 0) is 0 Å². The average molecular weight is 249 g/mol. The Balaban J connectivity index is 1.67. The Morgan fingerprint density at radius 1 is 1.28 bits per heavy atom. The standard InChI is InChI=1S/C14H23N3O/c1-16(13-7-9-17(15)10-8-13)11-12-18-14-5-3-2-4-6-14/h2-6,13H,7-12,15H2,1H3. The van der Waals surface area contributed by atoms with E-state index in [0.29, 0.717) is 6.04 Å². The summed E-state index contributed by atoms with van der Waals surface area (Å²) in [5, 5.41) is 1.91. The monoisotopic (exact) mass is 249 g/mol. The van der Waals surface area contributed by atoms with Gasteiger partial charge in [-0.3, -0.25) is 10.7 Å². The van der Waals surface area contributed by atoms with Gasteiger partial charge in [-0.05, 0) is 32.0 Å². The van der Waals surface area contributed by atoms with E-state index in [0.717, 1.165) is 44.8 Å². The summed E-state index contributed by atoms with van der Waals surface area (Å²) < 4.78 is 5.71. The molecular formula is C14H23N3O. The number of benzene rings is 1. The van der Waals surface area contributed by atoms with Crippen LogP contribution in [0.4, 0.5) is 0 Å². The second-order valence-electron chi connectivity index (χ2n) is 4.91. The third-order valence-corrected chi connectivity index (χ3v) is 3.58. The van der Waals surface area contributed by atoms with Crippen molar-refractivity contribution in [2.45, 2.75) is 18.9 Å². The lowest BCUT2D eigenvalue weighted by atomic mass is 10.1. The maximum Gasteiger partial charge on any atom is 0.119 e. The molecule has 4 heteroatoms. The summed E-state index contributed by atoms with van der Waals surface area (Å²) in [5.74, 6) is 6.71. The first-order valence-corrected chi connectivity index (χ1v) is 6.63. The molecule has 1 aliphatic heterocycles. The van der Waals surface area contributed by atoms with Crippen LogP contribution in [0.1, 0.15) is 12.8 Å². The third kappa shape index (κ3) is 3.98. The maximum atomic E-state index is 5.76. The molecule has 1 saturated heterocycles. The van der Waals surface area contributed by atoms with Gasteiger partial charge in [0.05, 0.1) is 0 Å². The van der Waals surface area contributed by atoms with E-state index in [1.54, 1.807) is 0 Å². The Morgan fingerprint density at radius 3 is 2.61 bits per heavy atom. The molecule has 0 spiro atoms. The SMILES string of the molecule is CN(CCOc1ccccc1)C1CCN(N)CC1. The lowest BCUT2D eigenvalue weighted by molar-refractivity contribution is 0.115. The minimum atomic E-state index is 0.643. The van der Waals surface area contributed by atoms with Crippen LogP contribution in [-0.4, -0.2) is 49.2 Å². The number of piperidine rings is 1. The van der Waals surface area contributed by atoms with E-state index >= 15 is 0 Å². The average Bonchev–Trinajstić information content (AvgIpc) is 2.40. The zero-order valence-corrected chi connectivity index (χ0v) is 11.1. The fourth-order valence-corrected chi connectivity index (χ4v) is 2.33. The van der Waals surface area contributed by atoms with Crippen molar-refractivity contribution in [3.63, 3.8) is 0 Å². The topological polar surface area (TPSA) is 41.7 Å². The number of nitrogens with zero attached hydrogens (tertiary/aromatic N) is 2. The summed E-state index contributed by atoms with van der Waals surface area (Å²) in [6.45, 7) is 3.69. The number of hydrogen-bond donors (Lipinski definition) is 1. The highest BCUT2D eigenvalue weighted by atomic mass is 16.5. The van der Waals surface area contributed by atoms with E-state index in [1.807, 2.05) is 35.3 Å². The molecular weight excluding hydrogens is 226 g/mol. The molecule has 1 aromatic rings. The van der Waals surface area contributed by atoms with Gasteiger partial charge in [0, 0.05) is 25.7 Å². The predicted octanol–water partition coefficient (Wildman–Crippen LogP) is 1.34. The molecule has 4 nitrogen and oxygen atoms in total. The van der Waals surface area contributed by atoms with Crippen molar-refractivity contribution >= 4 is 0 Å². The van der Waals surface area contributed by atoms with Crippen LogP contribution in [0.5, 0.6) is 5.75 Å². The first-order chi connectivity index (χ1) is 8.75. The van der Waals surface area contributed by atoms with Crippen LogP contribution < -0.4 is 10.6 Å². The van der Waals surface area contributed by atoms with Gasteiger partial charge < -0.3 is 4.74 Å². The van der Waals surface area contributed by atoms with Crippen LogP contribution in [0.25, 0.3) is 0 Å². The molecule has 0 saturated carbocycles. The van der Waals surface area contributed by atoms with E-state index in [4.69, 9.17) is 10.6 Å². The summed E-state index contributed by atoms with van der Waals surface area (Å²) in [5.41, 5.74) is 0. The molecule has 0 bridgehead atoms. The minimum absolute atomic E-state index is 0.643. The zero-order chi connectivity index (χ0) is 12.8. The molecule has 1 aliphatic rings. The van der Waals surface area contributed by atoms with Crippen LogP contribution in [0, 0.1) is 0 Å². The van der Waals surface area contributed by atoms with Gasteiger partial charge in [0.25, 0.3) is 0 Å². The number of nitrogens with two attached hydrogens (primary N) is 1. The molecule has 1 heterocycles.